The van der Waals surface area contributed by atoms with Crippen molar-refractivity contribution in [3.63, 3.8) is 0 Å². The van der Waals surface area contributed by atoms with E-state index in [9.17, 15) is 4.79 Å². The maximum absolute atomic E-state index is 10.7. The zero-order valence-corrected chi connectivity index (χ0v) is 8.97. The van der Waals surface area contributed by atoms with Crippen LogP contribution in [0.25, 0.3) is 0 Å². The summed E-state index contributed by atoms with van der Waals surface area (Å²) in [6, 6.07) is 4.35. The first-order valence-electron chi connectivity index (χ1n) is 4.92. The molecule has 0 fully saturated rings. The van der Waals surface area contributed by atoms with Gasteiger partial charge in [-0.2, -0.15) is 0 Å². The lowest BCUT2D eigenvalue weighted by Crippen LogP contribution is -2.05. The average molecular weight is 226 g/mol. The van der Waals surface area contributed by atoms with Gasteiger partial charge in [-0.05, 0) is 25.1 Å². The van der Waals surface area contributed by atoms with Gasteiger partial charge in [0.1, 0.15) is 6.61 Å². The average Bonchev–Trinajstić information content (AvgIpc) is 2.27. The lowest BCUT2D eigenvalue weighted by atomic mass is 10.2. The summed E-state index contributed by atoms with van der Waals surface area (Å²) in [6.45, 7) is 2.25. The Morgan fingerprint density at radius 1 is 1.31 bits per heavy atom. The third-order valence-electron chi connectivity index (χ3n) is 1.84. The maximum atomic E-state index is 10.7. The summed E-state index contributed by atoms with van der Waals surface area (Å²) in [5.41, 5.74) is 0.139. The van der Waals surface area contributed by atoms with Crippen molar-refractivity contribution in [2.45, 2.75) is 6.92 Å². The molecule has 0 saturated heterocycles. The molecule has 2 N–H and O–H groups in total. The van der Waals surface area contributed by atoms with E-state index in [1.165, 1.54) is 18.2 Å². The number of aliphatic hydroxyl groups excluding tert-OH is 1. The van der Waals surface area contributed by atoms with Gasteiger partial charge in [0.2, 0.25) is 0 Å². The normalized spacial score (nSPS) is 9.88. The van der Waals surface area contributed by atoms with E-state index in [-0.39, 0.29) is 18.8 Å². The van der Waals surface area contributed by atoms with Gasteiger partial charge in [0, 0.05) is 0 Å². The van der Waals surface area contributed by atoms with Crippen LogP contribution in [0.3, 0.4) is 0 Å². The second-order valence-electron chi connectivity index (χ2n) is 2.97. The summed E-state index contributed by atoms with van der Waals surface area (Å²) < 4.78 is 10.5. The summed E-state index contributed by atoms with van der Waals surface area (Å²) in [4.78, 5) is 10.7. The Labute approximate surface area is 93.2 Å². The minimum Gasteiger partial charge on any atom is -0.490 e. The highest BCUT2D eigenvalue weighted by molar-refractivity contribution is 5.88. The highest BCUT2D eigenvalue weighted by Crippen LogP contribution is 2.28. The number of aliphatic hydroxyl groups is 1. The Morgan fingerprint density at radius 2 is 2.06 bits per heavy atom. The predicted octanol–water partition coefficient (Wildman–Crippen LogP) is 1.15. The van der Waals surface area contributed by atoms with E-state index in [2.05, 4.69) is 0 Å². The first-order valence-corrected chi connectivity index (χ1v) is 4.92. The number of aromatic carboxylic acids is 1. The molecule has 88 valence electrons. The van der Waals surface area contributed by atoms with Crippen molar-refractivity contribution in [1.82, 2.24) is 0 Å². The zero-order valence-electron chi connectivity index (χ0n) is 8.97. The molecule has 0 aromatic heterocycles. The molecule has 1 rings (SSSR count). The van der Waals surface area contributed by atoms with Crippen LogP contribution < -0.4 is 9.47 Å². The molecule has 0 saturated carbocycles. The Morgan fingerprint density at radius 3 is 2.62 bits per heavy atom. The van der Waals surface area contributed by atoms with Crippen molar-refractivity contribution >= 4 is 5.97 Å². The molecule has 0 aliphatic heterocycles. The molecule has 5 nitrogen and oxygen atoms in total. The molecule has 0 aliphatic rings. The first-order chi connectivity index (χ1) is 7.69. The molecular weight excluding hydrogens is 212 g/mol. The van der Waals surface area contributed by atoms with Gasteiger partial charge in [0.15, 0.2) is 11.5 Å². The molecule has 0 amide bonds. The number of carboxylic acids is 1. The molecule has 0 heterocycles. The standard InChI is InChI=1S/C11H14O5/c1-2-15-10-7-8(11(13)14)3-4-9(10)16-6-5-12/h3-4,7,12H,2,5-6H2,1H3,(H,13,14). The highest BCUT2D eigenvalue weighted by Gasteiger charge is 2.10. The van der Waals surface area contributed by atoms with E-state index >= 15 is 0 Å². The van der Waals surface area contributed by atoms with Crippen molar-refractivity contribution in [3.8, 4) is 11.5 Å². The second-order valence-corrected chi connectivity index (χ2v) is 2.97. The molecule has 0 bridgehead atoms. The van der Waals surface area contributed by atoms with Gasteiger partial charge in [-0.25, -0.2) is 4.79 Å². The summed E-state index contributed by atoms with van der Waals surface area (Å²) in [5, 5.41) is 17.4. The summed E-state index contributed by atoms with van der Waals surface area (Å²) in [7, 11) is 0. The van der Waals surface area contributed by atoms with E-state index in [4.69, 9.17) is 19.7 Å². The molecule has 1 aromatic carbocycles. The molecule has 5 heteroatoms. The monoisotopic (exact) mass is 226 g/mol. The Kier molecular flexibility index (Phi) is 4.60. The van der Waals surface area contributed by atoms with Crippen molar-refractivity contribution in [2.24, 2.45) is 0 Å². The van der Waals surface area contributed by atoms with E-state index in [1.54, 1.807) is 6.92 Å². The van der Waals surface area contributed by atoms with E-state index in [0.717, 1.165) is 0 Å². The number of rotatable bonds is 6. The third kappa shape index (κ3) is 3.13. The van der Waals surface area contributed by atoms with Gasteiger partial charge in [0.25, 0.3) is 0 Å². The highest BCUT2D eigenvalue weighted by atomic mass is 16.5. The molecular formula is C11H14O5. The molecule has 0 unspecified atom stereocenters. The predicted molar refractivity (Wildman–Crippen MR) is 57.2 cm³/mol. The van der Waals surface area contributed by atoms with Gasteiger partial charge in [0.05, 0.1) is 18.8 Å². The molecule has 0 atom stereocenters. The van der Waals surface area contributed by atoms with Gasteiger partial charge in [-0.1, -0.05) is 0 Å². The quantitative estimate of drug-likeness (QED) is 0.761. The lowest BCUT2D eigenvalue weighted by molar-refractivity contribution is 0.0696. The van der Waals surface area contributed by atoms with E-state index in [1.807, 2.05) is 0 Å². The van der Waals surface area contributed by atoms with Gasteiger partial charge >= 0.3 is 5.97 Å². The minimum absolute atomic E-state index is 0.105. The molecule has 0 aliphatic carbocycles. The van der Waals surface area contributed by atoms with Gasteiger partial charge in [-0.3, -0.25) is 0 Å². The summed E-state index contributed by atoms with van der Waals surface area (Å²) >= 11 is 0. The number of carboxylic acid groups (broad SMARTS) is 1. The lowest BCUT2D eigenvalue weighted by Gasteiger charge is -2.11. The van der Waals surface area contributed by atoms with Crippen LogP contribution in [0.4, 0.5) is 0 Å². The number of hydrogen-bond donors (Lipinski definition) is 2. The fourth-order valence-electron chi connectivity index (χ4n) is 1.18. The zero-order chi connectivity index (χ0) is 12.0. The second kappa shape index (κ2) is 5.97. The van der Waals surface area contributed by atoms with Crippen molar-refractivity contribution in [3.05, 3.63) is 23.8 Å². The van der Waals surface area contributed by atoms with Crippen molar-refractivity contribution in [1.29, 1.82) is 0 Å². The molecule has 0 radical (unpaired) electrons. The van der Waals surface area contributed by atoms with Crippen LogP contribution in [0.1, 0.15) is 17.3 Å². The van der Waals surface area contributed by atoms with Crippen LogP contribution >= 0.6 is 0 Å². The molecule has 16 heavy (non-hydrogen) atoms. The van der Waals surface area contributed by atoms with E-state index in [0.29, 0.717) is 18.1 Å². The third-order valence-corrected chi connectivity index (χ3v) is 1.84. The molecule has 1 aromatic rings. The van der Waals surface area contributed by atoms with Crippen LogP contribution in [-0.4, -0.2) is 36.0 Å². The van der Waals surface area contributed by atoms with Gasteiger partial charge in [-0.15, -0.1) is 0 Å². The molecule has 0 spiro atoms. The van der Waals surface area contributed by atoms with Crippen LogP contribution in [0.15, 0.2) is 18.2 Å². The fraction of sp³-hybridized carbons (Fsp3) is 0.364. The smallest absolute Gasteiger partial charge is 0.335 e. The first kappa shape index (κ1) is 12.3. The SMILES string of the molecule is CCOc1cc(C(=O)O)ccc1OCCO. The van der Waals surface area contributed by atoms with Crippen LogP contribution in [-0.2, 0) is 0 Å². The minimum atomic E-state index is -1.02. The number of ether oxygens (including phenoxy) is 2. The number of benzene rings is 1. The van der Waals surface area contributed by atoms with Crippen molar-refractivity contribution < 1.29 is 24.5 Å². The summed E-state index contributed by atoms with van der Waals surface area (Å²) in [5.74, 6) is -0.216. The van der Waals surface area contributed by atoms with Crippen LogP contribution in [0.5, 0.6) is 11.5 Å². The maximum Gasteiger partial charge on any atom is 0.335 e. The summed E-state index contributed by atoms with van der Waals surface area (Å²) in [6.07, 6.45) is 0. The largest absolute Gasteiger partial charge is 0.490 e. The van der Waals surface area contributed by atoms with Crippen molar-refractivity contribution in [2.75, 3.05) is 19.8 Å². The van der Waals surface area contributed by atoms with Gasteiger partial charge < -0.3 is 19.7 Å². The topological polar surface area (TPSA) is 76.0 Å². The number of carbonyl (C=O) groups is 1. The van der Waals surface area contributed by atoms with E-state index < -0.39 is 5.97 Å². The van der Waals surface area contributed by atoms with Crippen LogP contribution in [0.2, 0.25) is 0 Å². The number of hydrogen-bond acceptors (Lipinski definition) is 4. The Balaban J connectivity index is 2.94. The fourth-order valence-corrected chi connectivity index (χ4v) is 1.18. The van der Waals surface area contributed by atoms with Crippen LogP contribution in [0, 0.1) is 0 Å². The Hall–Kier alpha value is -1.75. The Bertz CT molecular complexity index is 361.